The van der Waals surface area contributed by atoms with Gasteiger partial charge in [-0.15, -0.1) is 0 Å². The van der Waals surface area contributed by atoms with Crippen molar-refractivity contribution in [2.75, 3.05) is 16.3 Å². The molecule has 0 saturated carbocycles. The third-order valence-corrected chi connectivity index (χ3v) is 4.81. The summed E-state index contributed by atoms with van der Waals surface area (Å²) in [4.78, 5) is 28.6. The molecule has 2 aromatic heterocycles. The summed E-state index contributed by atoms with van der Waals surface area (Å²) in [6.07, 6.45) is 0.757. The Kier molecular flexibility index (Phi) is 6.44. The quantitative estimate of drug-likeness (QED) is 0.534. The van der Waals surface area contributed by atoms with Gasteiger partial charge < -0.3 is 5.32 Å². The Labute approximate surface area is 181 Å². The molecule has 3 aromatic rings. The molecule has 0 unspecified atom stereocenters. The van der Waals surface area contributed by atoms with Crippen molar-refractivity contribution in [1.82, 2.24) is 19.9 Å². The summed E-state index contributed by atoms with van der Waals surface area (Å²) in [6, 6.07) is 7.98. The first-order valence-electron chi connectivity index (χ1n) is 9.05. The molecule has 1 aromatic carbocycles. The Morgan fingerprint density at radius 2 is 1.71 bits per heavy atom. The summed E-state index contributed by atoms with van der Waals surface area (Å²) in [5.41, 5.74) is -0.472. The number of anilines is 2. The standard InChI is InChI=1S/C20H19F3N6OS/c1-19(2,15-8-9-25-18(28-15)29-31-3)17(30)26-13-6-4-12(5-7-13)14-10-24-11-16(27-14)20(21,22)23/h4-11H,1-3H3,(H,26,30)(H,25,28,29). The number of carbonyl (C=O) groups is 1. The number of aromatic nitrogens is 4. The smallest absolute Gasteiger partial charge is 0.325 e. The average molecular weight is 448 g/mol. The van der Waals surface area contributed by atoms with Gasteiger partial charge in [0.25, 0.3) is 0 Å². The van der Waals surface area contributed by atoms with Crippen LogP contribution in [0.1, 0.15) is 25.2 Å². The van der Waals surface area contributed by atoms with Crippen LogP contribution in [0.25, 0.3) is 11.3 Å². The van der Waals surface area contributed by atoms with Crippen molar-refractivity contribution >= 4 is 29.5 Å². The molecule has 0 radical (unpaired) electrons. The SMILES string of the molecule is CSNc1nccc(C(C)(C)C(=O)Nc2ccc(-c3cncc(C(F)(F)F)n3)cc2)n1. The molecule has 31 heavy (non-hydrogen) atoms. The summed E-state index contributed by atoms with van der Waals surface area (Å²) < 4.78 is 41.5. The molecular weight excluding hydrogens is 429 g/mol. The topological polar surface area (TPSA) is 92.7 Å². The fourth-order valence-corrected chi connectivity index (χ4v) is 2.90. The molecule has 3 rings (SSSR count). The van der Waals surface area contributed by atoms with E-state index in [0.29, 0.717) is 29.1 Å². The van der Waals surface area contributed by atoms with E-state index < -0.39 is 17.3 Å². The molecule has 1 amide bonds. The molecule has 0 bridgehead atoms. The van der Waals surface area contributed by atoms with Gasteiger partial charge in [-0.1, -0.05) is 24.1 Å². The predicted octanol–water partition coefficient (Wildman–Crippen LogP) is 4.56. The van der Waals surface area contributed by atoms with E-state index in [1.165, 1.54) is 18.1 Å². The molecule has 0 saturated heterocycles. The molecule has 162 valence electrons. The highest BCUT2D eigenvalue weighted by Gasteiger charge is 2.33. The van der Waals surface area contributed by atoms with Crippen LogP contribution in [0.15, 0.2) is 48.9 Å². The van der Waals surface area contributed by atoms with Gasteiger partial charge in [-0.25, -0.2) is 15.0 Å². The molecule has 0 atom stereocenters. The maximum atomic E-state index is 12.9. The zero-order valence-corrected chi connectivity index (χ0v) is 17.7. The lowest BCUT2D eigenvalue weighted by molar-refractivity contribution is -0.141. The van der Waals surface area contributed by atoms with E-state index in [0.717, 1.165) is 0 Å². The minimum Gasteiger partial charge on any atom is -0.325 e. The average Bonchev–Trinajstić information content (AvgIpc) is 2.74. The third-order valence-electron chi connectivity index (χ3n) is 4.42. The van der Waals surface area contributed by atoms with E-state index in [-0.39, 0.29) is 11.6 Å². The second-order valence-electron chi connectivity index (χ2n) is 7.02. The van der Waals surface area contributed by atoms with E-state index >= 15 is 0 Å². The Bertz CT molecular complexity index is 1070. The summed E-state index contributed by atoms with van der Waals surface area (Å²) in [5, 5.41) is 2.81. The maximum Gasteiger partial charge on any atom is 0.434 e. The summed E-state index contributed by atoms with van der Waals surface area (Å²) in [6.45, 7) is 3.47. The van der Waals surface area contributed by atoms with Gasteiger partial charge in [0.1, 0.15) is 0 Å². The zero-order chi connectivity index (χ0) is 22.6. The lowest BCUT2D eigenvalue weighted by Crippen LogP contribution is -2.35. The Hall–Kier alpha value is -3.21. The van der Waals surface area contributed by atoms with Gasteiger partial charge in [0.05, 0.1) is 29.2 Å². The van der Waals surface area contributed by atoms with E-state index in [1.54, 1.807) is 50.4 Å². The van der Waals surface area contributed by atoms with Crippen LogP contribution >= 0.6 is 11.9 Å². The normalized spacial score (nSPS) is 11.8. The number of benzene rings is 1. The van der Waals surface area contributed by atoms with Crippen LogP contribution in [0.2, 0.25) is 0 Å². The van der Waals surface area contributed by atoms with Crippen LogP contribution in [0.5, 0.6) is 0 Å². The van der Waals surface area contributed by atoms with Crippen molar-refractivity contribution in [3.63, 3.8) is 0 Å². The Morgan fingerprint density at radius 1 is 1.00 bits per heavy atom. The minimum absolute atomic E-state index is 0.0860. The largest absolute Gasteiger partial charge is 0.434 e. The predicted molar refractivity (Wildman–Crippen MR) is 113 cm³/mol. The summed E-state index contributed by atoms with van der Waals surface area (Å²) >= 11 is 1.34. The molecule has 7 nitrogen and oxygen atoms in total. The highest BCUT2D eigenvalue weighted by Crippen LogP contribution is 2.29. The molecule has 0 spiro atoms. The highest BCUT2D eigenvalue weighted by atomic mass is 32.2. The highest BCUT2D eigenvalue weighted by molar-refractivity contribution is 7.99. The van der Waals surface area contributed by atoms with Crippen LogP contribution in [-0.2, 0) is 16.4 Å². The number of nitrogens with one attached hydrogen (secondary N) is 2. The summed E-state index contributed by atoms with van der Waals surface area (Å²) in [5.74, 6) is 0.102. The number of alkyl halides is 3. The van der Waals surface area contributed by atoms with Crippen molar-refractivity contribution in [2.45, 2.75) is 25.4 Å². The first kappa shape index (κ1) is 22.5. The van der Waals surface area contributed by atoms with E-state index in [2.05, 4.69) is 30.0 Å². The number of amides is 1. The number of hydrogen-bond donors (Lipinski definition) is 2. The number of nitrogens with zero attached hydrogens (tertiary/aromatic N) is 4. The second kappa shape index (κ2) is 8.88. The van der Waals surface area contributed by atoms with Gasteiger partial charge >= 0.3 is 6.18 Å². The number of carbonyl (C=O) groups excluding carboxylic acids is 1. The van der Waals surface area contributed by atoms with Crippen molar-refractivity contribution in [3.05, 3.63) is 60.3 Å². The molecule has 0 aliphatic rings. The van der Waals surface area contributed by atoms with Crippen LogP contribution in [0.4, 0.5) is 24.8 Å². The minimum atomic E-state index is -4.57. The molecule has 0 aliphatic carbocycles. The monoisotopic (exact) mass is 448 g/mol. The van der Waals surface area contributed by atoms with Crippen LogP contribution in [0.3, 0.4) is 0 Å². The van der Waals surface area contributed by atoms with Crippen LogP contribution in [0, 0.1) is 0 Å². The summed E-state index contributed by atoms with van der Waals surface area (Å²) in [7, 11) is 0. The Balaban J connectivity index is 1.76. The molecule has 0 fully saturated rings. The molecular formula is C20H19F3N6OS. The first-order chi connectivity index (χ1) is 14.6. The number of rotatable bonds is 6. The van der Waals surface area contributed by atoms with E-state index in [1.807, 2.05) is 6.26 Å². The number of halogens is 3. The van der Waals surface area contributed by atoms with Crippen LogP contribution in [-0.4, -0.2) is 32.1 Å². The van der Waals surface area contributed by atoms with Crippen molar-refractivity contribution in [3.8, 4) is 11.3 Å². The van der Waals surface area contributed by atoms with Gasteiger partial charge in [-0.3, -0.25) is 14.5 Å². The van der Waals surface area contributed by atoms with Gasteiger partial charge in [0.15, 0.2) is 5.69 Å². The van der Waals surface area contributed by atoms with Crippen LogP contribution < -0.4 is 10.0 Å². The molecule has 0 aliphatic heterocycles. The molecule has 2 N–H and O–H groups in total. The fourth-order valence-electron chi connectivity index (χ4n) is 2.62. The number of hydrogen-bond acceptors (Lipinski definition) is 7. The van der Waals surface area contributed by atoms with Crippen molar-refractivity contribution in [2.24, 2.45) is 0 Å². The van der Waals surface area contributed by atoms with Gasteiger partial charge in [0.2, 0.25) is 11.9 Å². The molecule has 2 heterocycles. The molecule has 11 heteroatoms. The third kappa shape index (κ3) is 5.29. The maximum absolute atomic E-state index is 12.9. The Morgan fingerprint density at radius 3 is 2.35 bits per heavy atom. The van der Waals surface area contributed by atoms with Gasteiger partial charge in [0, 0.05) is 23.7 Å². The van der Waals surface area contributed by atoms with E-state index in [9.17, 15) is 18.0 Å². The van der Waals surface area contributed by atoms with Crippen molar-refractivity contribution < 1.29 is 18.0 Å². The first-order valence-corrected chi connectivity index (χ1v) is 10.3. The fraction of sp³-hybridized carbons (Fsp3) is 0.250. The van der Waals surface area contributed by atoms with Gasteiger partial charge in [-0.05, 0) is 32.0 Å². The van der Waals surface area contributed by atoms with E-state index in [4.69, 9.17) is 0 Å². The van der Waals surface area contributed by atoms with Crippen molar-refractivity contribution in [1.29, 1.82) is 0 Å². The second-order valence-corrected chi connectivity index (χ2v) is 7.63. The lowest BCUT2D eigenvalue weighted by atomic mass is 9.88. The zero-order valence-electron chi connectivity index (χ0n) is 16.9. The van der Waals surface area contributed by atoms with Gasteiger partial charge in [-0.2, -0.15) is 13.2 Å². The lowest BCUT2D eigenvalue weighted by Gasteiger charge is -2.23.